The molecule has 0 aromatic heterocycles. The molecule has 0 aromatic carbocycles. The van der Waals surface area contributed by atoms with Gasteiger partial charge in [-0.15, -0.1) is 0 Å². The summed E-state index contributed by atoms with van der Waals surface area (Å²) in [6.45, 7) is 9.99. The number of piperidine rings is 1. The minimum absolute atomic E-state index is 0.0635. The molecule has 1 saturated heterocycles. The van der Waals surface area contributed by atoms with Crippen LogP contribution >= 0.6 is 0 Å². The van der Waals surface area contributed by atoms with E-state index in [4.69, 9.17) is 9.84 Å². The summed E-state index contributed by atoms with van der Waals surface area (Å²) in [7, 11) is 0. The summed E-state index contributed by atoms with van der Waals surface area (Å²) in [6.07, 6.45) is 2.39. The highest BCUT2D eigenvalue weighted by Gasteiger charge is 2.19. The Morgan fingerprint density at radius 1 is 1.53 bits per heavy atom. The van der Waals surface area contributed by atoms with Crippen LogP contribution in [-0.4, -0.2) is 61.9 Å². The zero-order valence-electron chi connectivity index (χ0n) is 12.2. The summed E-state index contributed by atoms with van der Waals surface area (Å²) in [5.41, 5.74) is 0. The molecule has 0 radical (unpaired) electrons. The van der Waals surface area contributed by atoms with Gasteiger partial charge in [-0.2, -0.15) is 0 Å². The summed E-state index contributed by atoms with van der Waals surface area (Å²) >= 11 is 0. The fraction of sp³-hybridized carbons (Fsp3) is 0.929. The normalized spacial score (nSPS) is 20.9. The summed E-state index contributed by atoms with van der Waals surface area (Å²) in [5, 5.41) is 11.6. The van der Waals surface area contributed by atoms with Crippen LogP contribution in [0.15, 0.2) is 0 Å². The highest BCUT2D eigenvalue weighted by Crippen LogP contribution is 2.15. The Kier molecular flexibility index (Phi) is 8.02. The lowest BCUT2D eigenvalue weighted by atomic mass is 9.98. The van der Waals surface area contributed by atoms with Gasteiger partial charge in [0, 0.05) is 19.7 Å². The summed E-state index contributed by atoms with van der Waals surface area (Å²) < 4.78 is 5.61. The molecule has 1 aliphatic rings. The highest BCUT2D eigenvalue weighted by atomic mass is 16.5. The van der Waals surface area contributed by atoms with Gasteiger partial charge < -0.3 is 20.1 Å². The monoisotopic (exact) mass is 272 g/mol. The van der Waals surface area contributed by atoms with Gasteiger partial charge in [-0.1, -0.05) is 13.8 Å². The lowest BCUT2D eigenvalue weighted by Gasteiger charge is -2.32. The van der Waals surface area contributed by atoms with Crippen molar-refractivity contribution in [2.24, 2.45) is 11.8 Å². The first-order valence-electron chi connectivity index (χ1n) is 7.30. The molecule has 1 unspecified atom stereocenters. The Morgan fingerprint density at radius 3 is 3.00 bits per heavy atom. The van der Waals surface area contributed by atoms with Crippen LogP contribution in [0.25, 0.3) is 0 Å². The van der Waals surface area contributed by atoms with Crippen molar-refractivity contribution in [3.63, 3.8) is 0 Å². The minimum atomic E-state index is -0.783. The fourth-order valence-corrected chi connectivity index (χ4v) is 2.42. The van der Waals surface area contributed by atoms with Crippen molar-refractivity contribution in [2.45, 2.75) is 26.7 Å². The van der Waals surface area contributed by atoms with Gasteiger partial charge in [-0.05, 0) is 37.8 Å². The number of nitrogens with one attached hydrogen (secondary N) is 1. The van der Waals surface area contributed by atoms with Crippen LogP contribution in [-0.2, 0) is 9.53 Å². The van der Waals surface area contributed by atoms with Crippen LogP contribution < -0.4 is 5.32 Å². The molecule has 0 amide bonds. The zero-order chi connectivity index (χ0) is 14.1. The molecule has 0 aromatic rings. The van der Waals surface area contributed by atoms with E-state index in [1.165, 1.54) is 12.8 Å². The second-order valence-electron chi connectivity index (χ2n) is 5.80. The molecule has 0 bridgehead atoms. The molecule has 0 aliphatic carbocycles. The molecule has 2 N–H and O–H groups in total. The predicted molar refractivity (Wildman–Crippen MR) is 75.3 cm³/mol. The summed E-state index contributed by atoms with van der Waals surface area (Å²) in [6, 6.07) is 0. The SMILES string of the molecule is CC(C)COCCN1CCCC(CNCC(=O)O)C1. The number of carbonyl (C=O) groups is 1. The van der Waals surface area contributed by atoms with E-state index >= 15 is 0 Å². The van der Waals surface area contributed by atoms with Crippen LogP contribution in [0.1, 0.15) is 26.7 Å². The summed E-state index contributed by atoms with van der Waals surface area (Å²) in [4.78, 5) is 12.9. The number of nitrogens with zero attached hydrogens (tertiary/aromatic N) is 1. The molecule has 1 heterocycles. The second-order valence-corrected chi connectivity index (χ2v) is 5.80. The van der Waals surface area contributed by atoms with Crippen LogP contribution in [0.3, 0.4) is 0 Å². The number of hydrogen-bond acceptors (Lipinski definition) is 4. The highest BCUT2D eigenvalue weighted by molar-refractivity contribution is 5.68. The molecule has 19 heavy (non-hydrogen) atoms. The van der Waals surface area contributed by atoms with Crippen LogP contribution in [0, 0.1) is 11.8 Å². The molecule has 0 spiro atoms. The largest absolute Gasteiger partial charge is 0.480 e. The van der Waals surface area contributed by atoms with E-state index in [-0.39, 0.29) is 6.54 Å². The molecule has 0 saturated carbocycles. The number of carboxylic acid groups (broad SMARTS) is 1. The first-order valence-corrected chi connectivity index (χ1v) is 7.30. The Balaban J connectivity index is 2.10. The molecule has 5 nitrogen and oxygen atoms in total. The van der Waals surface area contributed by atoms with Crippen molar-refractivity contribution in [2.75, 3.05) is 45.9 Å². The van der Waals surface area contributed by atoms with E-state index in [0.29, 0.717) is 11.8 Å². The maximum Gasteiger partial charge on any atom is 0.317 e. The molecular weight excluding hydrogens is 244 g/mol. The molecule has 5 heteroatoms. The van der Waals surface area contributed by atoms with Gasteiger partial charge in [0.1, 0.15) is 0 Å². The zero-order valence-corrected chi connectivity index (χ0v) is 12.2. The maximum atomic E-state index is 10.4. The second kappa shape index (κ2) is 9.28. The van der Waals surface area contributed by atoms with Crippen molar-refractivity contribution in [3.8, 4) is 0 Å². The number of hydrogen-bond donors (Lipinski definition) is 2. The van der Waals surface area contributed by atoms with Gasteiger partial charge in [0.25, 0.3) is 0 Å². The molecule has 1 fully saturated rings. The number of ether oxygens (including phenoxy) is 1. The average Bonchev–Trinajstić information content (AvgIpc) is 2.34. The number of likely N-dealkylation sites (tertiary alicyclic amines) is 1. The third-order valence-electron chi connectivity index (χ3n) is 3.32. The number of aliphatic carboxylic acids is 1. The van der Waals surface area contributed by atoms with E-state index in [2.05, 4.69) is 24.1 Å². The van der Waals surface area contributed by atoms with Gasteiger partial charge in [-0.25, -0.2) is 0 Å². The molecule has 1 aliphatic heterocycles. The van der Waals surface area contributed by atoms with Crippen LogP contribution in [0.5, 0.6) is 0 Å². The van der Waals surface area contributed by atoms with Gasteiger partial charge in [0.15, 0.2) is 0 Å². The van der Waals surface area contributed by atoms with E-state index in [0.717, 1.165) is 39.4 Å². The number of carboxylic acids is 1. The Morgan fingerprint density at radius 2 is 2.32 bits per heavy atom. The smallest absolute Gasteiger partial charge is 0.317 e. The van der Waals surface area contributed by atoms with Crippen LogP contribution in [0.4, 0.5) is 0 Å². The topological polar surface area (TPSA) is 61.8 Å². The fourth-order valence-electron chi connectivity index (χ4n) is 2.42. The van der Waals surface area contributed by atoms with Crippen LogP contribution in [0.2, 0.25) is 0 Å². The van der Waals surface area contributed by atoms with Crippen molar-refractivity contribution in [1.29, 1.82) is 0 Å². The van der Waals surface area contributed by atoms with Crippen molar-refractivity contribution in [3.05, 3.63) is 0 Å². The third-order valence-corrected chi connectivity index (χ3v) is 3.32. The Labute approximate surface area is 116 Å². The molecule has 1 rings (SSSR count). The van der Waals surface area contributed by atoms with Gasteiger partial charge >= 0.3 is 5.97 Å². The molecular formula is C14H28N2O3. The quantitative estimate of drug-likeness (QED) is 0.614. The lowest BCUT2D eigenvalue weighted by molar-refractivity contribution is -0.136. The number of rotatable bonds is 9. The van der Waals surface area contributed by atoms with Crippen molar-refractivity contribution >= 4 is 5.97 Å². The maximum absolute atomic E-state index is 10.4. The van der Waals surface area contributed by atoms with Crippen molar-refractivity contribution < 1.29 is 14.6 Å². The predicted octanol–water partition coefficient (Wildman–Crippen LogP) is 1.05. The van der Waals surface area contributed by atoms with E-state index in [1.807, 2.05) is 0 Å². The average molecular weight is 272 g/mol. The van der Waals surface area contributed by atoms with E-state index in [1.54, 1.807) is 0 Å². The summed E-state index contributed by atoms with van der Waals surface area (Å²) in [5.74, 6) is 0.377. The third kappa shape index (κ3) is 8.18. The standard InChI is InChI=1S/C14H28N2O3/c1-12(2)11-19-7-6-16-5-3-4-13(10-16)8-15-9-14(17)18/h12-13,15H,3-11H2,1-2H3,(H,17,18). The Hall–Kier alpha value is -0.650. The lowest BCUT2D eigenvalue weighted by Crippen LogP contribution is -2.41. The van der Waals surface area contributed by atoms with E-state index < -0.39 is 5.97 Å². The van der Waals surface area contributed by atoms with Gasteiger partial charge in [0.2, 0.25) is 0 Å². The van der Waals surface area contributed by atoms with Gasteiger partial charge in [-0.3, -0.25) is 4.79 Å². The van der Waals surface area contributed by atoms with Crippen molar-refractivity contribution in [1.82, 2.24) is 10.2 Å². The van der Waals surface area contributed by atoms with Gasteiger partial charge in [0.05, 0.1) is 13.2 Å². The van der Waals surface area contributed by atoms with E-state index in [9.17, 15) is 4.79 Å². The first-order chi connectivity index (χ1) is 9.08. The molecule has 112 valence electrons. The minimum Gasteiger partial charge on any atom is -0.480 e. The molecule has 1 atom stereocenters. The Bertz CT molecular complexity index is 259. The first kappa shape index (κ1) is 16.4.